The van der Waals surface area contributed by atoms with Crippen molar-refractivity contribution in [2.45, 2.75) is 6.54 Å². The van der Waals surface area contributed by atoms with Gasteiger partial charge in [0, 0.05) is 44.3 Å². The van der Waals surface area contributed by atoms with Crippen LogP contribution in [0.4, 0.5) is 0 Å². The fourth-order valence-corrected chi connectivity index (χ4v) is 3.97. The zero-order chi connectivity index (χ0) is 19.8. The number of rotatable bonds is 4. The molecule has 0 unspecified atom stereocenters. The number of aromatic nitrogens is 1. The van der Waals surface area contributed by atoms with Crippen LogP contribution in [0, 0.1) is 0 Å². The van der Waals surface area contributed by atoms with E-state index in [0.717, 1.165) is 27.7 Å². The summed E-state index contributed by atoms with van der Waals surface area (Å²) in [6.45, 7) is 0.643. The molecular formula is C24H25N3O. The van der Waals surface area contributed by atoms with E-state index in [1.807, 2.05) is 14.1 Å². The average molecular weight is 371 g/mol. The maximum Gasteiger partial charge on any atom is 0.255 e. The van der Waals surface area contributed by atoms with Gasteiger partial charge in [-0.2, -0.15) is 0 Å². The van der Waals surface area contributed by atoms with E-state index in [9.17, 15) is 4.79 Å². The van der Waals surface area contributed by atoms with E-state index in [1.54, 1.807) is 19.0 Å². The molecule has 1 heterocycles. The van der Waals surface area contributed by atoms with Crippen molar-refractivity contribution >= 4 is 27.6 Å². The lowest BCUT2D eigenvalue weighted by Gasteiger charge is -2.12. The number of carbonyl (C=O) groups is 1. The maximum absolute atomic E-state index is 12.9. The monoisotopic (exact) mass is 371 g/mol. The van der Waals surface area contributed by atoms with Gasteiger partial charge in [0.15, 0.2) is 0 Å². The van der Waals surface area contributed by atoms with E-state index in [1.165, 1.54) is 16.3 Å². The highest BCUT2D eigenvalue weighted by molar-refractivity contribution is 6.09. The topological polar surface area (TPSA) is 37.3 Å². The largest absolute Gasteiger partial charge is 0.346 e. The number of carbonyl (C=O) groups excluding carboxylic acids is 1. The Morgan fingerprint density at radius 1 is 1.00 bits per heavy atom. The first kappa shape index (κ1) is 18.3. The van der Waals surface area contributed by atoms with Crippen molar-refractivity contribution in [1.82, 2.24) is 14.8 Å². The molecule has 28 heavy (non-hydrogen) atoms. The number of aryl methyl sites for hydroxylation is 1. The number of nitrogens with one attached hydrogen (secondary N) is 1. The second-order valence-electron chi connectivity index (χ2n) is 7.37. The fourth-order valence-electron chi connectivity index (χ4n) is 3.97. The third-order valence-corrected chi connectivity index (χ3v) is 5.39. The Labute approximate surface area is 165 Å². The van der Waals surface area contributed by atoms with Crippen LogP contribution >= 0.6 is 0 Å². The van der Waals surface area contributed by atoms with Crippen molar-refractivity contribution in [3.05, 3.63) is 71.9 Å². The number of amides is 1. The molecule has 0 aliphatic heterocycles. The highest BCUT2D eigenvalue weighted by atomic mass is 16.2. The highest BCUT2D eigenvalue weighted by Crippen LogP contribution is 2.33. The molecule has 142 valence electrons. The Morgan fingerprint density at radius 2 is 1.75 bits per heavy atom. The zero-order valence-electron chi connectivity index (χ0n) is 16.8. The van der Waals surface area contributed by atoms with Crippen LogP contribution in [0.5, 0.6) is 0 Å². The van der Waals surface area contributed by atoms with Crippen molar-refractivity contribution in [2.75, 3.05) is 21.1 Å². The predicted octanol–water partition coefficient (Wildman–Crippen LogP) is 4.42. The van der Waals surface area contributed by atoms with Crippen molar-refractivity contribution < 1.29 is 4.79 Å². The molecule has 0 bridgehead atoms. The van der Waals surface area contributed by atoms with Gasteiger partial charge < -0.3 is 14.8 Å². The Balaban J connectivity index is 1.97. The summed E-state index contributed by atoms with van der Waals surface area (Å²) in [7, 11) is 7.54. The summed E-state index contributed by atoms with van der Waals surface area (Å²) in [6.07, 6.45) is 0. The molecule has 1 amide bonds. The van der Waals surface area contributed by atoms with Crippen molar-refractivity contribution in [3.63, 3.8) is 0 Å². The second-order valence-corrected chi connectivity index (χ2v) is 7.37. The van der Waals surface area contributed by atoms with Crippen LogP contribution in [0.2, 0.25) is 0 Å². The normalized spacial score (nSPS) is 11.3. The average Bonchev–Trinajstić information content (AvgIpc) is 2.98. The number of hydrogen-bond acceptors (Lipinski definition) is 2. The van der Waals surface area contributed by atoms with Gasteiger partial charge in [0.25, 0.3) is 5.91 Å². The van der Waals surface area contributed by atoms with Crippen LogP contribution in [0.15, 0.2) is 60.7 Å². The lowest BCUT2D eigenvalue weighted by molar-refractivity contribution is 0.0828. The van der Waals surface area contributed by atoms with Gasteiger partial charge in [-0.1, -0.05) is 54.6 Å². The smallest absolute Gasteiger partial charge is 0.255 e. The van der Waals surface area contributed by atoms with E-state index in [4.69, 9.17) is 0 Å². The number of fused-ring (bicyclic) bond motifs is 2. The summed E-state index contributed by atoms with van der Waals surface area (Å²) in [5.41, 5.74) is 5.22. The van der Waals surface area contributed by atoms with E-state index in [0.29, 0.717) is 6.54 Å². The lowest BCUT2D eigenvalue weighted by Crippen LogP contribution is -2.24. The van der Waals surface area contributed by atoms with Gasteiger partial charge in [-0.15, -0.1) is 0 Å². The molecule has 3 aromatic carbocycles. The summed E-state index contributed by atoms with van der Waals surface area (Å²) in [6, 6.07) is 21.2. The standard InChI is InChI=1S/C24H25N3O/c1-25-15-22-23(24(28)26(2)3)20-13-12-17(14-21(20)27(22)4)19-11-7-9-16-8-5-6-10-18(16)19/h5-14,25H,15H2,1-4H3. The minimum absolute atomic E-state index is 0.0359. The molecular weight excluding hydrogens is 346 g/mol. The molecule has 0 saturated carbocycles. The van der Waals surface area contributed by atoms with Gasteiger partial charge in [0.05, 0.1) is 5.56 Å². The molecule has 4 aromatic rings. The van der Waals surface area contributed by atoms with Gasteiger partial charge in [0.2, 0.25) is 0 Å². The van der Waals surface area contributed by atoms with Gasteiger partial charge in [-0.25, -0.2) is 0 Å². The summed E-state index contributed by atoms with van der Waals surface area (Å²) >= 11 is 0. The molecule has 1 N–H and O–H groups in total. The van der Waals surface area contributed by atoms with E-state index in [-0.39, 0.29) is 5.91 Å². The minimum atomic E-state index is 0.0359. The Kier molecular flexibility index (Phi) is 4.65. The van der Waals surface area contributed by atoms with Gasteiger partial charge in [0.1, 0.15) is 0 Å². The summed E-state index contributed by atoms with van der Waals surface area (Å²) in [5.74, 6) is 0.0359. The minimum Gasteiger partial charge on any atom is -0.346 e. The van der Waals surface area contributed by atoms with Crippen molar-refractivity contribution in [3.8, 4) is 11.1 Å². The summed E-state index contributed by atoms with van der Waals surface area (Å²) < 4.78 is 2.14. The molecule has 4 rings (SSSR count). The van der Waals surface area contributed by atoms with Crippen LogP contribution < -0.4 is 5.32 Å². The van der Waals surface area contributed by atoms with Crippen LogP contribution in [0.1, 0.15) is 16.1 Å². The molecule has 0 atom stereocenters. The molecule has 1 aromatic heterocycles. The Bertz CT molecular complexity index is 1180. The zero-order valence-corrected chi connectivity index (χ0v) is 16.8. The van der Waals surface area contributed by atoms with Crippen LogP contribution in [0.3, 0.4) is 0 Å². The van der Waals surface area contributed by atoms with E-state index < -0.39 is 0 Å². The van der Waals surface area contributed by atoms with Gasteiger partial charge >= 0.3 is 0 Å². The van der Waals surface area contributed by atoms with E-state index in [2.05, 4.69) is 70.5 Å². The second kappa shape index (κ2) is 7.13. The third-order valence-electron chi connectivity index (χ3n) is 5.39. The summed E-state index contributed by atoms with van der Waals surface area (Å²) in [4.78, 5) is 14.5. The predicted molar refractivity (Wildman–Crippen MR) is 117 cm³/mol. The van der Waals surface area contributed by atoms with Crippen LogP contribution in [0.25, 0.3) is 32.8 Å². The van der Waals surface area contributed by atoms with Crippen LogP contribution in [-0.2, 0) is 13.6 Å². The van der Waals surface area contributed by atoms with Gasteiger partial charge in [-0.05, 0) is 35.0 Å². The van der Waals surface area contributed by atoms with Crippen molar-refractivity contribution in [1.29, 1.82) is 0 Å². The van der Waals surface area contributed by atoms with Crippen LogP contribution in [-0.4, -0.2) is 36.5 Å². The maximum atomic E-state index is 12.9. The molecule has 4 heteroatoms. The van der Waals surface area contributed by atoms with Crippen molar-refractivity contribution in [2.24, 2.45) is 7.05 Å². The van der Waals surface area contributed by atoms with Gasteiger partial charge in [-0.3, -0.25) is 4.79 Å². The number of nitrogens with zero attached hydrogens (tertiary/aromatic N) is 2. The fraction of sp³-hybridized carbons (Fsp3) is 0.208. The molecule has 0 fully saturated rings. The molecule has 0 radical (unpaired) electrons. The molecule has 0 spiro atoms. The first-order chi connectivity index (χ1) is 13.5. The Morgan fingerprint density at radius 3 is 2.50 bits per heavy atom. The first-order valence-corrected chi connectivity index (χ1v) is 9.48. The Hall–Kier alpha value is -3.11. The quantitative estimate of drug-likeness (QED) is 0.577. The number of hydrogen-bond donors (Lipinski definition) is 1. The third kappa shape index (κ3) is 2.86. The SMILES string of the molecule is CNCc1c(C(=O)N(C)C)c2ccc(-c3cccc4ccccc34)cc2n1C. The molecule has 4 nitrogen and oxygen atoms in total. The molecule has 0 aliphatic carbocycles. The number of benzene rings is 3. The first-order valence-electron chi connectivity index (χ1n) is 9.48. The molecule has 0 aliphatic rings. The van der Waals surface area contributed by atoms with E-state index >= 15 is 0 Å². The highest BCUT2D eigenvalue weighted by Gasteiger charge is 2.22. The molecule has 0 saturated heterocycles. The lowest BCUT2D eigenvalue weighted by atomic mass is 9.97. The summed E-state index contributed by atoms with van der Waals surface area (Å²) in [5, 5.41) is 6.66.